The highest BCUT2D eigenvalue weighted by Gasteiger charge is 2.15. The van der Waals surface area contributed by atoms with Crippen molar-refractivity contribution in [2.75, 3.05) is 0 Å². The number of rotatable bonds is 3. The molecule has 0 radical (unpaired) electrons. The van der Waals surface area contributed by atoms with Crippen molar-refractivity contribution < 1.29 is 18.7 Å². The third-order valence-corrected chi connectivity index (χ3v) is 2.40. The summed E-state index contributed by atoms with van der Waals surface area (Å²) in [7, 11) is 0. The van der Waals surface area contributed by atoms with Crippen LogP contribution in [-0.2, 0) is 16.0 Å². The Kier molecular flexibility index (Phi) is 4.45. The zero-order valence-corrected chi connectivity index (χ0v) is 10.1. The molecule has 0 aromatic heterocycles. The van der Waals surface area contributed by atoms with Crippen LogP contribution in [-0.4, -0.2) is 11.9 Å². The molecule has 0 saturated carbocycles. The van der Waals surface area contributed by atoms with Crippen LogP contribution >= 0.6 is 11.8 Å². The molecule has 0 aliphatic carbocycles. The van der Waals surface area contributed by atoms with Crippen molar-refractivity contribution in [3.05, 3.63) is 29.1 Å². The highest BCUT2D eigenvalue weighted by Crippen LogP contribution is 2.25. The lowest BCUT2D eigenvalue weighted by Gasteiger charge is -2.11. The van der Waals surface area contributed by atoms with Crippen molar-refractivity contribution in [2.45, 2.75) is 20.3 Å². The highest BCUT2D eigenvalue weighted by molar-refractivity contribution is 6.21. The second kappa shape index (κ2) is 5.63. The van der Waals surface area contributed by atoms with Crippen molar-refractivity contribution >= 4 is 23.7 Å². The van der Waals surface area contributed by atoms with Crippen LogP contribution < -0.4 is 9.57 Å². The van der Waals surface area contributed by atoms with Crippen LogP contribution in [0.5, 0.6) is 5.75 Å². The number of ether oxygens (including phenoxy) is 1. The minimum atomic E-state index is -0.538. The summed E-state index contributed by atoms with van der Waals surface area (Å²) in [5.41, 5.74) is 0.558. The van der Waals surface area contributed by atoms with E-state index in [4.69, 9.17) is 16.5 Å². The van der Waals surface area contributed by atoms with E-state index in [-0.39, 0.29) is 17.7 Å². The minimum Gasteiger partial charge on any atom is -0.426 e. The van der Waals surface area contributed by atoms with Crippen LogP contribution in [0.25, 0.3) is 0 Å². The summed E-state index contributed by atoms with van der Waals surface area (Å²) in [6.45, 7) is 2.73. The SMILES string of the molecule is CC(=O)Oc1ccc(F)c(C)c1CC(=O)NCl. The van der Waals surface area contributed by atoms with Gasteiger partial charge in [-0.15, -0.1) is 0 Å². The van der Waals surface area contributed by atoms with E-state index in [1.807, 2.05) is 4.84 Å². The van der Waals surface area contributed by atoms with Gasteiger partial charge in [-0.1, -0.05) is 0 Å². The number of hydrogen-bond acceptors (Lipinski definition) is 3. The van der Waals surface area contributed by atoms with Crippen LogP contribution in [0.3, 0.4) is 0 Å². The van der Waals surface area contributed by atoms with Gasteiger partial charge in [-0.2, -0.15) is 0 Å². The first-order valence-electron chi connectivity index (χ1n) is 4.81. The third-order valence-electron chi connectivity index (χ3n) is 2.19. The van der Waals surface area contributed by atoms with Gasteiger partial charge in [0.1, 0.15) is 11.6 Å². The smallest absolute Gasteiger partial charge is 0.308 e. The molecule has 0 unspecified atom stereocenters. The highest BCUT2D eigenvalue weighted by atomic mass is 35.5. The molecule has 6 heteroatoms. The number of amides is 1. The van der Waals surface area contributed by atoms with E-state index in [0.717, 1.165) is 0 Å². The summed E-state index contributed by atoms with van der Waals surface area (Å²) < 4.78 is 18.2. The van der Waals surface area contributed by atoms with Crippen molar-refractivity contribution in [3.8, 4) is 5.75 Å². The maximum atomic E-state index is 13.3. The van der Waals surface area contributed by atoms with Gasteiger partial charge in [-0.05, 0) is 24.6 Å². The van der Waals surface area contributed by atoms with Crippen LogP contribution in [0.2, 0.25) is 0 Å². The summed E-state index contributed by atoms with van der Waals surface area (Å²) in [4.78, 5) is 24.0. The Morgan fingerprint density at radius 1 is 1.47 bits per heavy atom. The van der Waals surface area contributed by atoms with Crippen molar-refractivity contribution in [3.63, 3.8) is 0 Å². The largest absolute Gasteiger partial charge is 0.426 e. The van der Waals surface area contributed by atoms with Gasteiger partial charge < -0.3 is 4.74 Å². The van der Waals surface area contributed by atoms with Crippen LogP contribution in [0.4, 0.5) is 4.39 Å². The van der Waals surface area contributed by atoms with E-state index in [2.05, 4.69) is 0 Å². The van der Waals surface area contributed by atoms with Gasteiger partial charge in [-0.25, -0.2) is 4.39 Å². The number of esters is 1. The van der Waals surface area contributed by atoms with Gasteiger partial charge in [0.05, 0.1) is 6.42 Å². The third kappa shape index (κ3) is 3.42. The molecule has 0 saturated heterocycles. The lowest BCUT2D eigenvalue weighted by Crippen LogP contribution is -2.17. The summed E-state index contributed by atoms with van der Waals surface area (Å²) in [5, 5.41) is 0. The Bertz CT molecular complexity index is 462. The molecule has 1 amide bonds. The first-order chi connectivity index (χ1) is 7.95. The molecule has 92 valence electrons. The van der Waals surface area contributed by atoms with E-state index in [0.29, 0.717) is 5.56 Å². The van der Waals surface area contributed by atoms with Crippen molar-refractivity contribution in [1.82, 2.24) is 4.84 Å². The summed E-state index contributed by atoms with van der Waals surface area (Å²) in [6.07, 6.45) is -0.157. The Morgan fingerprint density at radius 2 is 2.12 bits per heavy atom. The molecular formula is C11H11ClFNO3. The van der Waals surface area contributed by atoms with E-state index < -0.39 is 17.7 Å². The monoisotopic (exact) mass is 259 g/mol. The Hall–Kier alpha value is -1.62. The Labute approximate surface area is 103 Å². The molecule has 17 heavy (non-hydrogen) atoms. The maximum Gasteiger partial charge on any atom is 0.308 e. The predicted molar refractivity (Wildman–Crippen MR) is 60.1 cm³/mol. The minimum absolute atomic E-state index is 0.157. The van der Waals surface area contributed by atoms with Gasteiger partial charge in [-0.3, -0.25) is 14.4 Å². The van der Waals surface area contributed by atoms with Crippen LogP contribution in [0, 0.1) is 12.7 Å². The molecule has 0 bridgehead atoms. The maximum absolute atomic E-state index is 13.3. The molecule has 0 atom stereocenters. The van der Waals surface area contributed by atoms with E-state index >= 15 is 0 Å². The fraction of sp³-hybridized carbons (Fsp3) is 0.273. The van der Waals surface area contributed by atoms with E-state index in [1.165, 1.54) is 26.0 Å². The molecule has 1 N–H and O–H groups in total. The van der Waals surface area contributed by atoms with Crippen LogP contribution in [0.15, 0.2) is 12.1 Å². The van der Waals surface area contributed by atoms with Crippen LogP contribution in [0.1, 0.15) is 18.1 Å². The van der Waals surface area contributed by atoms with E-state index in [1.54, 1.807) is 0 Å². The second-order valence-electron chi connectivity index (χ2n) is 3.44. The fourth-order valence-electron chi connectivity index (χ4n) is 1.37. The lowest BCUT2D eigenvalue weighted by molar-refractivity contribution is -0.132. The number of nitrogens with one attached hydrogen (secondary N) is 1. The predicted octanol–water partition coefficient (Wildman–Crippen LogP) is 1.87. The van der Waals surface area contributed by atoms with E-state index in [9.17, 15) is 14.0 Å². The quantitative estimate of drug-likeness (QED) is 0.512. The topological polar surface area (TPSA) is 55.4 Å². The zero-order chi connectivity index (χ0) is 13.0. The second-order valence-corrected chi connectivity index (χ2v) is 3.63. The first kappa shape index (κ1) is 13.4. The summed E-state index contributed by atoms with van der Waals surface area (Å²) in [5.74, 6) is -1.35. The number of halogens is 2. The number of benzene rings is 1. The lowest BCUT2D eigenvalue weighted by atomic mass is 10.0. The molecule has 4 nitrogen and oxygen atoms in total. The van der Waals surface area contributed by atoms with Gasteiger partial charge in [0, 0.05) is 24.3 Å². The molecule has 0 heterocycles. The average Bonchev–Trinajstić information content (AvgIpc) is 2.27. The summed E-state index contributed by atoms with van der Waals surface area (Å²) >= 11 is 5.15. The van der Waals surface area contributed by atoms with Crippen molar-refractivity contribution in [1.29, 1.82) is 0 Å². The van der Waals surface area contributed by atoms with Gasteiger partial charge in [0.15, 0.2) is 0 Å². The fourth-order valence-corrected chi connectivity index (χ4v) is 1.43. The standard InChI is InChI=1S/C11H11ClFNO3/c1-6-8(5-11(16)14-12)10(17-7(2)15)4-3-9(6)13/h3-4H,5H2,1-2H3,(H,14,16). The molecule has 1 aromatic rings. The molecule has 0 aliphatic heterocycles. The number of hydrogen-bond donors (Lipinski definition) is 1. The molecular weight excluding hydrogens is 249 g/mol. The summed E-state index contributed by atoms with van der Waals surface area (Å²) in [6, 6.07) is 2.48. The Balaban J connectivity index is 3.16. The first-order valence-corrected chi connectivity index (χ1v) is 5.19. The zero-order valence-electron chi connectivity index (χ0n) is 9.34. The molecule has 0 fully saturated rings. The number of carbonyl (C=O) groups excluding carboxylic acids is 2. The molecule has 0 aliphatic rings. The normalized spacial score (nSPS) is 9.88. The molecule has 0 spiro atoms. The van der Waals surface area contributed by atoms with Gasteiger partial charge >= 0.3 is 5.97 Å². The average molecular weight is 260 g/mol. The Morgan fingerprint density at radius 3 is 2.65 bits per heavy atom. The van der Waals surface area contributed by atoms with Crippen molar-refractivity contribution in [2.24, 2.45) is 0 Å². The molecule has 1 aromatic carbocycles. The number of carbonyl (C=O) groups is 2. The van der Waals surface area contributed by atoms with Gasteiger partial charge in [0.2, 0.25) is 5.91 Å². The van der Waals surface area contributed by atoms with Gasteiger partial charge in [0.25, 0.3) is 0 Å². The molecule has 1 rings (SSSR count).